The molecule has 0 N–H and O–H groups in total. The van der Waals surface area contributed by atoms with Crippen LogP contribution in [0.3, 0.4) is 0 Å². The van der Waals surface area contributed by atoms with Crippen molar-refractivity contribution >= 4 is 38.6 Å². The predicted octanol–water partition coefficient (Wildman–Crippen LogP) is 4.32. The maximum atomic E-state index is 12.8. The second-order valence-corrected chi connectivity index (χ2v) is 8.30. The zero-order valence-electron chi connectivity index (χ0n) is 12.3. The van der Waals surface area contributed by atoms with Gasteiger partial charge < -0.3 is 0 Å². The molecule has 0 aliphatic heterocycles. The van der Waals surface area contributed by atoms with Crippen molar-refractivity contribution in [3.05, 3.63) is 46.3 Å². The van der Waals surface area contributed by atoms with E-state index in [9.17, 15) is 8.42 Å². The smallest absolute Gasteiger partial charge is 0.266 e. The van der Waals surface area contributed by atoms with Gasteiger partial charge in [-0.1, -0.05) is 17.7 Å². The lowest BCUT2D eigenvalue weighted by atomic mass is 10.2. The number of nitrogens with zero attached hydrogens (tertiary/aromatic N) is 1. The minimum atomic E-state index is -3.54. The van der Waals surface area contributed by atoms with Crippen LogP contribution < -0.4 is 4.31 Å². The molecular formula is C15H18ClNO2S2. The topological polar surface area (TPSA) is 37.4 Å². The SMILES string of the molecule is CCN(c1ccc(C)cc1)S(=O)(=O)c1cc(C)c(CCl)s1. The predicted molar refractivity (Wildman–Crippen MR) is 90.0 cm³/mol. The van der Waals surface area contributed by atoms with E-state index in [1.165, 1.54) is 15.6 Å². The molecule has 1 aromatic heterocycles. The first-order valence-corrected chi connectivity index (χ1v) is 9.44. The minimum absolute atomic E-state index is 0.336. The Morgan fingerprint density at radius 1 is 1.19 bits per heavy atom. The summed E-state index contributed by atoms with van der Waals surface area (Å²) in [7, 11) is -3.54. The molecule has 0 radical (unpaired) electrons. The van der Waals surface area contributed by atoms with E-state index in [1.54, 1.807) is 6.07 Å². The van der Waals surface area contributed by atoms with Gasteiger partial charge in [-0.15, -0.1) is 22.9 Å². The van der Waals surface area contributed by atoms with Crippen molar-refractivity contribution in [3.63, 3.8) is 0 Å². The summed E-state index contributed by atoms with van der Waals surface area (Å²) in [5.41, 5.74) is 2.71. The third kappa shape index (κ3) is 3.25. The molecule has 2 rings (SSSR count). The van der Waals surface area contributed by atoms with E-state index in [2.05, 4.69) is 0 Å². The normalized spacial score (nSPS) is 11.6. The molecule has 0 saturated carbocycles. The van der Waals surface area contributed by atoms with Gasteiger partial charge in [-0.3, -0.25) is 4.31 Å². The number of aryl methyl sites for hydroxylation is 2. The molecule has 21 heavy (non-hydrogen) atoms. The van der Waals surface area contributed by atoms with Crippen molar-refractivity contribution in [1.29, 1.82) is 0 Å². The lowest BCUT2D eigenvalue weighted by Crippen LogP contribution is -2.30. The van der Waals surface area contributed by atoms with Gasteiger partial charge in [-0.2, -0.15) is 0 Å². The third-order valence-corrected chi connectivity index (χ3v) is 7.29. The molecule has 3 nitrogen and oxygen atoms in total. The van der Waals surface area contributed by atoms with Gasteiger partial charge >= 0.3 is 0 Å². The van der Waals surface area contributed by atoms with Crippen LogP contribution in [0.5, 0.6) is 0 Å². The molecule has 1 heterocycles. The standard InChI is InChI=1S/C15H18ClNO2S2/c1-4-17(13-7-5-11(2)6-8-13)21(18,19)15-9-12(3)14(10-16)20-15/h5-9H,4,10H2,1-3H3. The van der Waals surface area contributed by atoms with E-state index in [4.69, 9.17) is 11.6 Å². The van der Waals surface area contributed by atoms with Crippen molar-refractivity contribution in [1.82, 2.24) is 0 Å². The van der Waals surface area contributed by atoms with Gasteiger partial charge in [0.2, 0.25) is 0 Å². The second kappa shape index (κ2) is 6.38. The fraction of sp³-hybridized carbons (Fsp3) is 0.333. The fourth-order valence-corrected chi connectivity index (χ4v) is 5.46. The highest BCUT2D eigenvalue weighted by molar-refractivity contribution is 7.94. The molecule has 0 amide bonds. The number of halogens is 1. The van der Waals surface area contributed by atoms with Crippen molar-refractivity contribution in [3.8, 4) is 0 Å². The monoisotopic (exact) mass is 343 g/mol. The summed E-state index contributed by atoms with van der Waals surface area (Å²) in [5, 5.41) is 0. The Morgan fingerprint density at radius 2 is 1.81 bits per heavy atom. The molecular weight excluding hydrogens is 326 g/mol. The summed E-state index contributed by atoms with van der Waals surface area (Å²) in [5.74, 6) is 0.336. The van der Waals surface area contributed by atoms with E-state index in [-0.39, 0.29) is 0 Å². The molecule has 0 saturated heterocycles. The number of hydrogen-bond donors (Lipinski definition) is 0. The molecule has 0 atom stereocenters. The van der Waals surface area contributed by atoms with E-state index in [0.29, 0.717) is 22.3 Å². The zero-order chi connectivity index (χ0) is 15.6. The second-order valence-electron chi connectivity index (χ2n) is 4.81. The van der Waals surface area contributed by atoms with E-state index in [1.807, 2.05) is 45.0 Å². The minimum Gasteiger partial charge on any atom is -0.266 e. The summed E-state index contributed by atoms with van der Waals surface area (Å²) in [6.45, 7) is 6.08. The molecule has 6 heteroatoms. The first kappa shape index (κ1) is 16.3. The van der Waals surface area contributed by atoms with Gasteiger partial charge in [0.25, 0.3) is 10.0 Å². The molecule has 114 valence electrons. The summed E-state index contributed by atoms with van der Waals surface area (Å²) >= 11 is 7.09. The van der Waals surface area contributed by atoms with Crippen LogP contribution in [-0.2, 0) is 15.9 Å². The van der Waals surface area contributed by atoms with Crippen LogP contribution in [-0.4, -0.2) is 15.0 Å². The number of alkyl halides is 1. The van der Waals surface area contributed by atoms with Gasteiger partial charge in [-0.25, -0.2) is 8.42 Å². The van der Waals surface area contributed by atoms with Crippen LogP contribution in [0.25, 0.3) is 0 Å². The first-order chi connectivity index (χ1) is 9.90. The molecule has 0 aliphatic carbocycles. The van der Waals surface area contributed by atoms with E-state index in [0.717, 1.165) is 16.0 Å². The van der Waals surface area contributed by atoms with Crippen LogP contribution >= 0.6 is 22.9 Å². The molecule has 2 aromatic rings. The Hall–Kier alpha value is -1.04. The Kier molecular flexibility index (Phi) is 4.96. The van der Waals surface area contributed by atoms with Gasteiger partial charge in [0.1, 0.15) is 4.21 Å². The number of anilines is 1. The van der Waals surface area contributed by atoms with E-state index < -0.39 is 10.0 Å². The first-order valence-electron chi connectivity index (χ1n) is 6.64. The maximum Gasteiger partial charge on any atom is 0.273 e. The summed E-state index contributed by atoms with van der Waals surface area (Å²) in [6.07, 6.45) is 0. The van der Waals surface area contributed by atoms with Gasteiger partial charge in [-0.05, 0) is 44.5 Å². The highest BCUT2D eigenvalue weighted by Gasteiger charge is 2.26. The zero-order valence-corrected chi connectivity index (χ0v) is 14.6. The highest BCUT2D eigenvalue weighted by atomic mass is 35.5. The van der Waals surface area contributed by atoms with E-state index >= 15 is 0 Å². The average Bonchev–Trinajstić information content (AvgIpc) is 2.83. The molecule has 0 spiro atoms. The Morgan fingerprint density at radius 3 is 2.29 bits per heavy atom. The van der Waals surface area contributed by atoms with Gasteiger partial charge in [0.15, 0.2) is 0 Å². The average molecular weight is 344 g/mol. The van der Waals surface area contributed by atoms with Gasteiger partial charge in [0.05, 0.1) is 11.6 Å². The van der Waals surface area contributed by atoms with Crippen LogP contribution in [0, 0.1) is 13.8 Å². The highest BCUT2D eigenvalue weighted by Crippen LogP contribution is 2.31. The quantitative estimate of drug-likeness (QED) is 0.758. The van der Waals surface area contributed by atoms with Crippen LogP contribution in [0.1, 0.15) is 22.9 Å². The van der Waals surface area contributed by atoms with Gasteiger partial charge in [0, 0.05) is 11.4 Å². The molecule has 0 unspecified atom stereocenters. The number of sulfonamides is 1. The molecule has 0 aliphatic rings. The summed E-state index contributed by atoms with van der Waals surface area (Å²) < 4.78 is 27.4. The third-order valence-electron chi connectivity index (χ3n) is 3.27. The Labute approximate surface area is 135 Å². The lowest BCUT2D eigenvalue weighted by Gasteiger charge is -2.22. The van der Waals surface area contributed by atoms with Crippen molar-refractivity contribution in [2.45, 2.75) is 30.9 Å². The van der Waals surface area contributed by atoms with Crippen LogP contribution in [0.15, 0.2) is 34.5 Å². The number of thiophene rings is 1. The number of rotatable bonds is 5. The summed E-state index contributed by atoms with van der Waals surface area (Å²) in [6, 6.07) is 9.20. The number of hydrogen-bond acceptors (Lipinski definition) is 3. The fourth-order valence-electron chi connectivity index (χ4n) is 2.06. The Bertz CT molecular complexity index is 721. The molecule has 0 fully saturated rings. The maximum absolute atomic E-state index is 12.8. The largest absolute Gasteiger partial charge is 0.273 e. The van der Waals surface area contributed by atoms with Crippen molar-refractivity contribution in [2.75, 3.05) is 10.8 Å². The van der Waals surface area contributed by atoms with Crippen molar-refractivity contribution in [2.24, 2.45) is 0 Å². The Balaban J connectivity index is 2.46. The lowest BCUT2D eigenvalue weighted by molar-refractivity contribution is 0.594. The molecule has 1 aromatic carbocycles. The van der Waals surface area contributed by atoms with Crippen molar-refractivity contribution < 1.29 is 8.42 Å². The van der Waals surface area contributed by atoms with Crippen LogP contribution in [0.2, 0.25) is 0 Å². The number of benzene rings is 1. The summed E-state index contributed by atoms with van der Waals surface area (Å²) in [4.78, 5) is 0.898. The molecule has 0 bridgehead atoms. The van der Waals surface area contributed by atoms with Crippen LogP contribution in [0.4, 0.5) is 5.69 Å².